The molecule has 0 fully saturated rings. The molecule has 2 nitrogen and oxygen atoms in total. The highest BCUT2D eigenvalue weighted by Crippen LogP contribution is 2.22. The summed E-state index contributed by atoms with van der Waals surface area (Å²) in [5, 5.41) is 0. The summed E-state index contributed by atoms with van der Waals surface area (Å²) in [7, 11) is 0. The van der Waals surface area contributed by atoms with E-state index in [0.29, 0.717) is 6.17 Å². The molecule has 0 spiro atoms. The molecule has 0 bridgehead atoms. The SMILES string of the molecule is CCCCCCCCN1C=CN(CCCCCCCC)C1Cc1ccccc1. The van der Waals surface area contributed by atoms with Crippen molar-refractivity contribution in [2.45, 2.75) is 103 Å². The second kappa shape index (κ2) is 14.5. The second-order valence-electron chi connectivity index (χ2n) is 8.48. The van der Waals surface area contributed by atoms with Crippen molar-refractivity contribution < 1.29 is 0 Å². The highest BCUT2D eigenvalue weighted by molar-refractivity contribution is 5.17. The number of unbranched alkanes of at least 4 members (excludes halogenated alkanes) is 10. The lowest BCUT2D eigenvalue weighted by Gasteiger charge is -2.33. The largest absolute Gasteiger partial charge is 0.356 e. The summed E-state index contributed by atoms with van der Waals surface area (Å²) in [6.45, 7) is 6.99. The molecule has 0 radical (unpaired) electrons. The van der Waals surface area contributed by atoms with E-state index in [9.17, 15) is 0 Å². The minimum absolute atomic E-state index is 0.508. The van der Waals surface area contributed by atoms with Gasteiger partial charge >= 0.3 is 0 Å². The first-order chi connectivity index (χ1) is 13.8. The van der Waals surface area contributed by atoms with Gasteiger partial charge in [-0.05, 0) is 18.4 Å². The van der Waals surface area contributed by atoms with Crippen LogP contribution < -0.4 is 0 Å². The molecule has 1 aliphatic rings. The van der Waals surface area contributed by atoms with Crippen LogP contribution in [0, 0.1) is 0 Å². The molecular weight excluding hydrogens is 340 g/mol. The third kappa shape index (κ3) is 8.71. The standard InChI is InChI=1S/C26H44N2/c1-3-5-7-9-11-16-20-27-22-23-28(21-17-12-10-8-6-4-2)26(27)24-25-18-14-13-15-19-25/h13-15,18-19,22-23,26H,3-12,16-17,20-21,24H2,1-2H3. The van der Waals surface area contributed by atoms with Crippen LogP contribution in [0.25, 0.3) is 0 Å². The van der Waals surface area contributed by atoms with Gasteiger partial charge in [-0.2, -0.15) is 0 Å². The zero-order chi connectivity index (χ0) is 19.9. The predicted octanol–water partition coefficient (Wildman–Crippen LogP) is 7.37. The van der Waals surface area contributed by atoms with Crippen molar-refractivity contribution in [1.29, 1.82) is 0 Å². The zero-order valence-corrected chi connectivity index (χ0v) is 18.6. The maximum Gasteiger partial charge on any atom is 0.105 e. The van der Waals surface area contributed by atoms with Crippen molar-refractivity contribution in [3.8, 4) is 0 Å². The van der Waals surface area contributed by atoms with Crippen LogP contribution in [-0.2, 0) is 6.42 Å². The molecule has 0 saturated heterocycles. The first-order valence-electron chi connectivity index (χ1n) is 12.1. The van der Waals surface area contributed by atoms with E-state index in [2.05, 4.69) is 66.4 Å². The van der Waals surface area contributed by atoms with Gasteiger partial charge in [-0.1, -0.05) is 108 Å². The van der Waals surface area contributed by atoms with Gasteiger partial charge in [0, 0.05) is 31.9 Å². The van der Waals surface area contributed by atoms with E-state index in [1.807, 2.05) is 0 Å². The summed E-state index contributed by atoms with van der Waals surface area (Å²) in [6, 6.07) is 11.0. The molecule has 0 atom stereocenters. The van der Waals surface area contributed by atoms with Crippen LogP contribution in [0.2, 0.25) is 0 Å². The van der Waals surface area contributed by atoms with E-state index in [4.69, 9.17) is 0 Å². The van der Waals surface area contributed by atoms with Crippen LogP contribution in [0.3, 0.4) is 0 Å². The fourth-order valence-electron chi connectivity index (χ4n) is 4.22. The van der Waals surface area contributed by atoms with Crippen LogP contribution in [0.15, 0.2) is 42.7 Å². The minimum Gasteiger partial charge on any atom is -0.356 e. The van der Waals surface area contributed by atoms with Gasteiger partial charge in [0.25, 0.3) is 0 Å². The molecule has 0 amide bonds. The molecule has 0 aliphatic carbocycles. The molecule has 2 heteroatoms. The van der Waals surface area contributed by atoms with E-state index < -0.39 is 0 Å². The molecule has 28 heavy (non-hydrogen) atoms. The van der Waals surface area contributed by atoms with E-state index in [-0.39, 0.29) is 0 Å². The lowest BCUT2D eigenvalue weighted by molar-refractivity contribution is 0.148. The van der Waals surface area contributed by atoms with E-state index >= 15 is 0 Å². The van der Waals surface area contributed by atoms with Crippen LogP contribution in [0.4, 0.5) is 0 Å². The normalized spacial score (nSPS) is 14.4. The third-order valence-electron chi connectivity index (χ3n) is 6.02. The van der Waals surface area contributed by atoms with Crippen molar-refractivity contribution in [3.63, 3.8) is 0 Å². The summed E-state index contributed by atoms with van der Waals surface area (Å²) < 4.78 is 0. The Morgan fingerprint density at radius 1 is 0.607 bits per heavy atom. The maximum absolute atomic E-state index is 2.60. The second-order valence-corrected chi connectivity index (χ2v) is 8.48. The maximum atomic E-state index is 2.60. The molecule has 1 aliphatic heterocycles. The number of nitrogens with zero attached hydrogens (tertiary/aromatic N) is 2. The first-order valence-corrected chi connectivity index (χ1v) is 12.1. The highest BCUT2D eigenvalue weighted by atomic mass is 15.4. The van der Waals surface area contributed by atoms with Crippen molar-refractivity contribution in [3.05, 3.63) is 48.3 Å². The Balaban J connectivity index is 1.79. The van der Waals surface area contributed by atoms with Gasteiger partial charge in [0.15, 0.2) is 0 Å². The quantitative estimate of drug-likeness (QED) is 0.275. The smallest absolute Gasteiger partial charge is 0.105 e. The molecule has 0 aromatic heterocycles. The number of hydrogen-bond acceptors (Lipinski definition) is 2. The summed E-state index contributed by atoms with van der Waals surface area (Å²) in [5.41, 5.74) is 1.46. The Hall–Kier alpha value is -1.44. The van der Waals surface area contributed by atoms with E-state index in [1.165, 1.54) is 95.7 Å². The average Bonchev–Trinajstić information content (AvgIpc) is 3.09. The van der Waals surface area contributed by atoms with Crippen LogP contribution in [0.5, 0.6) is 0 Å². The van der Waals surface area contributed by atoms with Crippen LogP contribution >= 0.6 is 0 Å². The van der Waals surface area contributed by atoms with Gasteiger partial charge in [0.2, 0.25) is 0 Å². The molecule has 1 aromatic carbocycles. The molecule has 1 aromatic rings. The van der Waals surface area contributed by atoms with E-state index in [1.54, 1.807) is 0 Å². The molecule has 0 unspecified atom stereocenters. The summed E-state index contributed by atoms with van der Waals surface area (Å²) in [5.74, 6) is 0. The average molecular weight is 385 g/mol. The Morgan fingerprint density at radius 2 is 1.07 bits per heavy atom. The van der Waals surface area contributed by atoms with Crippen molar-refractivity contribution in [2.75, 3.05) is 13.1 Å². The first kappa shape index (κ1) is 22.8. The van der Waals surface area contributed by atoms with Gasteiger partial charge in [-0.3, -0.25) is 0 Å². The Labute approximate surface area is 175 Å². The number of rotatable bonds is 16. The molecule has 0 saturated carbocycles. The van der Waals surface area contributed by atoms with Crippen molar-refractivity contribution in [1.82, 2.24) is 9.80 Å². The third-order valence-corrected chi connectivity index (χ3v) is 6.02. The van der Waals surface area contributed by atoms with Gasteiger partial charge in [-0.25, -0.2) is 0 Å². The lowest BCUT2D eigenvalue weighted by atomic mass is 10.1. The Kier molecular flexibility index (Phi) is 11.9. The number of benzene rings is 1. The summed E-state index contributed by atoms with van der Waals surface area (Å²) in [4.78, 5) is 5.20. The zero-order valence-electron chi connectivity index (χ0n) is 18.6. The topological polar surface area (TPSA) is 6.48 Å². The van der Waals surface area contributed by atoms with E-state index in [0.717, 1.165) is 6.42 Å². The van der Waals surface area contributed by atoms with Crippen molar-refractivity contribution >= 4 is 0 Å². The lowest BCUT2D eigenvalue weighted by Crippen LogP contribution is -2.41. The molecule has 1 heterocycles. The monoisotopic (exact) mass is 384 g/mol. The summed E-state index contributed by atoms with van der Waals surface area (Å²) in [6.07, 6.45) is 22.8. The minimum atomic E-state index is 0.508. The fourth-order valence-corrected chi connectivity index (χ4v) is 4.22. The van der Waals surface area contributed by atoms with Crippen molar-refractivity contribution in [2.24, 2.45) is 0 Å². The van der Waals surface area contributed by atoms with Gasteiger partial charge in [0.05, 0.1) is 0 Å². The Bertz CT molecular complexity index is 484. The Morgan fingerprint density at radius 3 is 1.57 bits per heavy atom. The fraction of sp³-hybridized carbons (Fsp3) is 0.692. The van der Waals surface area contributed by atoms with Gasteiger partial charge in [0.1, 0.15) is 6.17 Å². The number of hydrogen-bond donors (Lipinski definition) is 0. The predicted molar refractivity (Wildman–Crippen MR) is 123 cm³/mol. The van der Waals surface area contributed by atoms with Crippen LogP contribution in [-0.4, -0.2) is 29.1 Å². The molecule has 0 N–H and O–H groups in total. The molecule has 2 rings (SSSR count). The van der Waals surface area contributed by atoms with Gasteiger partial charge < -0.3 is 9.80 Å². The molecule has 158 valence electrons. The molecular formula is C26H44N2. The summed E-state index contributed by atoms with van der Waals surface area (Å²) >= 11 is 0. The highest BCUT2D eigenvalue weighted by Gasteiger charge is 2.25. The van der Waals surface area contributed by atoms with Gasteiger partial charge in [-0.15, -0.1) is 0 Å². The van der Waals surface area contributed by atoms with Crippen LogP contribution in [0.1, 0.15) is 96.5 Å².